The van der Waals surface area contributed by atoms with E-state index in [0.29, 0.717) is 5.92 Å². The molecule has 4 heteroatoms. The van der Waals surface area contributed by atoms with Crippen molar-refractivity contribution in [1.82, 2.24) is 9.78 Å². The Balaban J connectivity index is 1.96. The van der Waals surface area contributed by atoms with Gasteiger partial charge in [0.05, 0.1) is 11.8 Å². The summed E-state index contributed by atoms with van der Waals surface area (Å²) in [6.07, 6.45) is 3.92. The molecule has 1 saturated heterocycles. The molecule has 2 heterocycles. The molecule has 17 heavy (non-hydrogen) atoms. The van der Waals surface area contributed by atoms with E-state index in [1.54, 1.807) is 0 Å². The first-order valence-electron chi connectivity index (χ1n) is 6.48. The third-order valence-corrected chi connectivity index (χ3v) is 4.79. The Morgan fingerprint density at radius 1 is 1.65 bits per heavy atom. The van der Waals surface area contributed by atoms with Gasteiger partial charge in [-0.1, -0.05) is 6.92 Å². The van der Waals surface area contributed by atoms with Crippen molar-refractivity contribution in [3.05, 3.63) is 17.5 Å². The Morgan fingerprint density at radius 2 is 2.47 bits per heavy atom. The number of aryl methyl sites for hydroxylation is 2. The van der Waals surface area contributed by atoms with Gasteiger partial charge in [0.25, 0.3) is 0 Å². The van der Waals surface area contributed by atoms with Gasteiger partial charge >= 0.3 is 0 Å². The van der Waals surface area contributed by atoms with E-state index in [1.807, 2.05) is 23.5 Å². The second-order valence-electron chi connectivity index (χ2n) is 4.85. The molecule has 1 aromatic rings. The van der Waals surface area contributed by atoms with Gasteiger partial charge in [0.15, 0.2) is 0 Å². The maximum Gasteiger partial charge on any atom is 0.0631 e. The number of hydrogen-bond acceptors (Lipinski definition) is 3. The average Bonchev–Trinajstić information content (AvgIpc) is 2.71. The Labute approximate surface area is 108 Å². The summed E-state index contributed by atoms with van der Waals surface area (Å²) in [6, 6.07) is 2.12. The van der Waals surface area contributed by atoms with Crippen LogP contribution in [0.5, 0.6) is 0 Å². The first-order valence-corrected chi connectivity index (χ1v) is 7.63. The first-order chi connectivity index (χ1) is 8.20. The van der Waals surface area contributed by atoms with Crippen LogP contribution in [0.4, 0.5) is 0 Å². The summed E-state index contributed by atoms with van der Waals surface area (Å²) in [5.41, 5.74) is 2.28. The predicted octanol–water partition coefficient (Wildman–Crippen LogP) is 2.03. The zero-order valence-electron chi connectivity index (χ0n) is 10.7. The highest BCUT2D eigenvalue weighted by molar-refractivity contribution is 7.99. The standard InChI is InChI=1S/C13H22N2OS/c1-3-11-7-12(15(2)14-11)8-13(16)10-5-4-6-17-9-10/h7,10,13,16H,3-6,8-9H2,1-2H3. The minimum absolute atomic E-state index is 0.206. The molecule has 1 aliphatic rings. The number of aromatic nitrogens is 2. The van der Waals surface area contributed by atoms with Crippen LogP contribution >= 0.6 is 11.8 Å². The molecule has 0 radical (unpaired) electrons. The van der Waals surface area contributed by atoms with Gasteiger partial charge in [-0.15, -0.1) is 0 Å². The van der Waals surface area contributed by atoms with Crippen LogP contribution < -0.4 is 0 Å². The summed E-state index contributed by atoms with van der Waals surface area (Å²) in [5, 5.41) is 14.7. The highest BCUT2D eigenvalue weighted by atomic mass is 32.2. The fourth-order valence-electron chi connectivity index (χ4n) is 2.39. The summed E-state index contributed by atoms with van der Waals surface area (Å²) >= 11 is 1.97. The van der Waals surface area contributed by atoms with Gasteiger partial charge in [0.1, 0.15) is 0 Å². The van der Waals surface area contributed by atoms with Gasteiger partial charge < -0.3 is 5.11 Å². The SMILES string of the molecule is CCc1cc(CC(O)C2CCCSC2)n(C)n1. The molecule has 1 fully saturated rings. The molecule has 0 aliphatic carbocycles. The van der Waals surface area contributed by atoms with E-state index in [-0.39, 0.29) is 6.10 Å². The normalized spacial score (nSPS) is 22.6. The van der Waals surface area contributed by atoms with E-state index in [4.69, 9.17) is 0 Å². The van der Waals surface area contributed by atoms with Crippen molar-refractivity contribution in [2.45, 2.75) is 38.7 Å². The monoisotopic (exact) mass is 254 g/mol. The zero-order chi connectivity index (χ0) is 12.3. The molecular weight excluding hydrogens is 232 g/mol. The molecule has 0 spiro atoms. The second kappa shape index (κ2) is 5.91. The van der Waals surface area contributed by atoms with Crippen LogP contribution in [0.2, 0.25) is 0 Å². The molecule has 1 aromatic heterocycles. The number of nitrogens with zero attached hydrogens (tertiary/aromatic N) is 2. The van der Waals surface area contributed by atoms with Crippen molar-refractivity contribution in [3.63, 3.8) is 0 Å². The summed E-state index contributed by atoms with van der Waals surface area (Å²) in [5.74, 6) is 2.84. The van der Waals surface area contributed by atoms with E-state index in [0.717, 1.165) is 30.0 Å². The Morgan fingerprint density at radius 3 is 3.06 bits per heavy atom. The van der Waals surface area contributed by atoms with Crippen molar-refractivity contribution >= 4 is 11.8 Å². The van der Waals surface area contributed by atoms with Crippen LogP contribution in [0.25, 0.3) is 0 Å². The van der Waals surface area contributed by atoms with Gasteiger partial charge in [0.2, 0.25) is 0 Å². The highest BCUT2D eigenvalue weighted by Gasteiger charge is 2.23. The van der Waals surface area contributed by atoms with Crippen molar-refractivity contribution in [2.75, 3.05) is 11.5 Å². The number of aliphatic hydroxyl groups is 1. The third-order valence-electron chi connectivity index (χ3n) is 3.55. The van der Waals surface area contributed by atoms with Crippen LogP contribution in [0, 0.1) is 5.92 Å². The molecule has 96 valence electrons. The molecule has 0 saturated carbocycles. The first kappa shape index (κ1) is 13.0. The quantitative estimate of drug-likeness (QED) is 0.893. The molecule has 1 aliphatic heterocycles. The largest absolute Gasteiger partial charge is 0.392 e. The summed E-state index contributed by atoms with van der Waals surface area (Å²) in [7, 11) is 1.97. The number of aliphatic hydroxyl groups excluding tert-OH is 1. The minimum Gasteiger partial charge on any atom is -0.392 e. The molecular formula is C13H22N2OS. The third kappa shape index (κ3) is 3.26. The lowest BCUT2D eigenvalue weighted by atomic mass is 9.95. The Bertz CT molecular complexity index is 358. The Kier molecular flexibility index (Phi) is 4.51. The zero-order valence-corrected chi connectivity index (χ0v) is 11.5. The van der Waals surface area contributed by atoms with E-state index in [1.165, 1.54) is 18.6 Å². The molecule has 2 rings (SSSR count). The molecule has 3 nitrogen and oxygen atoms in total. The van der Waals surface area contributed by atoms with Crippen molar-refractivity contribution in [2.24, 2.45) is 13.0 Å². The second-order valence-corrected chi connectivity index (χ2v) is 6.00. The average molecular weight is 254 g/mol. The number of hydrogen-bond donors (Lipinski definition) is 1. The van der Waals surface area contributed by atoms with E-state index in [9.17, 15) is 5.11 Å². The molecule has 1 N–H and O–H groups in total. The van der Waals surface area contributed by atoms with Gasteiger partial charge in [0, 0.05) is 19.2 Å². The lowest BCUT2D eigenvalue weighted by Crippen LogP contribution is -2.28. The lowest BCUT2D eigenvalue weighted by Gasteiger charge is -2.26. The van der Waals surface area contributed by atoms with E-state index < -0.39 is 0 Å². The van der Waals surface area contributed by atoms with Crippen LogP contribution in [-0.4, -0.2) is 32.5 Å². The van der Waals surface area contributed by atoms with Crippen LogP contribution in [0.15, 0.2) is 6.07 Å². The van der Waals surface area contributed by atoms with Gasteiger partial charge in [-0.25, -0.2) is 0 Å². The smallest absolute Gasteiger partial charge is 0.0631 e. The van der Waals surface area contributed by atoms with Crippen LogP contribution in [0.1, 0.15) is 31.2 Å². The molecule has 0 amide bonds. The van der Waals surface area contributed by atoms with Crippen LogP contribution in [0.3, 0.4) is 0 Å². The summed E-state index contributed by atoms with van der Waals surface area (Å²) in [4.78, 5) is 0. The highest BCUT2D eigenvalue weighted by Crippen LogP contribution is 2.26. The fraction of sp³-hybridized carbons (Fsp3) is 0.769. The fourth-order valence-corrected chi connectivity index (χ4v) is 3.61. The topological polar surface area (TPSA) is 38.0 Å². The van der Waals surface area contributed by atoms with Gasteiger partial charge in [-0.05, 0) is 42.8 Å². The van der Waals surface area contributed by atoms with Gasteiger partial charge in [-0.3, -0.25) is 4.68 Å². The Hall–Kier alpha value is -0.480. The van der Waals surface area contributed by atoms with E-state index in [2.05, 4.69) is 18.1 Å². The van der Waals surface area contributed by atoms with Crippen molar-refractivity contribution in [3.8, 4) is 0 Å². The van der Waals surface area contributed by atoms with Gasteiger partial charge in [-0.2, -0.15) is 16.9 Å². The van der Waals surface area contributed by atoms with Crippen molar-refractivity contribution < 1.29 is 5.11 Å². The van der Waals surface area contributed by atoms with Crippen LogP contribution in [-0.2, 0) is 19.9 Å². The van der Waals surface area contributed by atoms with Crippen molar-refractivity contribution in [1.29, 1.82) is 0 Å². The maximum absolute atomic E-state index is 10.3. The van der Waals surface area contributed by atoms with E-state index >= 15 is 0 Å². The maximum atomic E-state index is 10.3. The molecule has 2 unspecified atom stereocenters. The molecule has 0 aromatic carbocycles. The molecule has 2 atom stereocenters. The summed E-state index contributed by atoms with van der Waals surface area (Å²) < 4.78 is 1.91. The number of rotatable bonds is 4. The molecule has 0 bridgehead atoms. The minimum atomic E-state index is -0.206. The number of thioether (sulfide) groups is 1. The predicted molar refractivity (Wildman–Crippen MR) is 72.3 cm³/mol. The summed E-state index contributed by atoms with van der Waals surface area (Å²) in [6.45, 7) is 2.11. The lowest BCUT2D eigenvalue weighted by molar-refractivity contribution is 0.111.